The highest BCUT2D eigenvalue weighted by molar-refractivity contribution is 6.01. The number of amides is 2. The topological polar surface area (TPSA) is 63.1 Å². The van der Waals surface area contributed by atoms with Crippen LogP contribution in [0.3, 0.4) is 0 Å². The number of carbonyl (C=O) groups excluding carboxylic acids is 2. The van der Waals surface area contributed by atoms with Crippen molar-refractivity contribution in [2.45, 2.75) is 44.1 Å². The Kier molecular flexibility index (Phi) is 7.65. The molecule has 6 nitrogen and oxygen atoms in total. The van der Waals surface area contributed by atoms with E-state index in [2.05, 4.69) is 5.32 Å². The molecule has 2 aromatic carbocycles. The molecule has 2 N–H and O–H groups in total. The number of carbonyl (C=O) groups is 2. The highest BCUT2D eigenvalue weighted by Gasteiger charge is 2.42. The van der Waals surface area contributed by atoms with Crippen LogP contribution in [-0.2, 0) is 4.79 Å². The second kappa shape index (κ2) is 10.8. The molecule has 33 heavy (non-hydrogen) atoms. The van der Waals surface area contributed by atoms with Crippen molar-refractivity contribution in [3.63, 3.8) is 0 Å². The molecule has 2 aliphatic rings. The lowest BCUT2D eigenvalue weighted by Gasteiger charge is -2.39. The molecule has 4 rings (SSSR count). The minimum absolute atomic E-state index is 0.0199. The number of likely N-dealkylation sites (N-methyl/N-ethyl adjacent to an activating group) is 1. The van der Waals surface area contributed by atoms with E-state index in [9.17, 15) is 9.59 Å². The number of nitrogens with one attached hydrogen (secondary N) is 2. The number of methoxy groups -OCH3 is 1. The number of nitrogens with zero attached hydrogens (tertiary/aromatic N) is 1. The van der Waals surface area contributed by atoms with E-state index in [0.29, 0.717) is 12.1 Å². The van der Waals surface area contributed by atoms with Gasteiger partial charge in [0.1, 0.15) is 5.75 Å². The number of rotatable bonds is 7. The van der Waals surface area contributed by atoms with Crippen LogP contribution < -0.4 is 15.0 Å². The van der Waals surface area contributed by atoms with Crippen molar-refractivity contribution in [2.24, 2.45) is 0 Å². The molecule has 6 heteroatoms. The van der Waals surface area contributed by atoms with Gasteiger partial charge in [-0.3, -0.25) is 9.59 Å². The Morgan fingerprint density at radius 1 is 1.06 bits per heavy atom. The van der Waals surface area contributed by atoms with E-state index in [-0.39, 0.29) is 17.9 Å². The summed E-state index contributed by atoms with van der Waals surface area (Å²) >= 11 is 0. The maximum Gasteiger partial charge on any atom is 0.254 e. The molecule has 0 aromatic heterocycles. The third-order valence-corrected chi connectivity index (χ3v) is 7.14. The maximum absolute atomic E-state index is 13.5. The molecule has 0 radical (unpaired) electrons. The standard InChI is InChI=1S/C27H35N3O3/c1-29-25(20-12-14-21(33-2)15-13-20)24(22-10-5-6-11-23(22)27(29)32)26(31)28-16-9-19-30-17-7-3-4-8-18-30/h5-6,10-15,24-25H,3-4,7-9,16-19H2,1-2H3,(H,28,31)/p+1. The highest BCUT2D eigenvalue weighted by atomic mass is 16.5. The van der Waals surface area contributed by atoms with E-state index in [1.54, 1.807) is 24.0 Å². The van der Waals surface area contributed by atoms with Gasteiger partial charge < -0.3 is 19.9 Å². The van der Waals surface area contributed by atoms with Gasteiger partial charge in [-0.1, -0.05) is 30.3 Å². The molecule has 1 saturated heterocycles. The van der Waals surface area contributed by atoms with Crippen LogP contribution in [-0.4, -0.2) is 57.1 Å². The molecule has 176 valence electrons. The Labute approximate surface area is 196 Å². The lowest BCUT2D eigenvalue weighted by molar-refractivity contribution is -0.899. The summed E-state index contributed by atoms with van der Waals surface area (Å²) in [5.74, 6) is 0.220. The van der Waals surface area contributed by atoms with E-state index < -0.39 is 5.92 Å². The molecule has 1 fully saturated rings. The smallest absolute Gasteiger partial charge is 0.254 e. The predicted octanol–water partition coefficient (Wildman–Crippen LogP) is 2.57. The van der Waals surface area contributed by atoms with E-state index in [4.69, 9.17) is 4.74 Å². The van der Waals surface area contributed by atoms with Crippen LogP contribution in [0.4, 0.5) is 0 Å². The molecule has 2 heterocycles. The highest BCUT2D eigenvalue weighted by Crippen LogP contribution is 2.42. The van der Waals surface area contributed by atoms with Gasteiger partial charge >= 0.3 is 0 Å². The van der Waals surface area contributed by atoms with E-state index in [1.165, 1.54) is 38.8 Å². The summed E-state index contributed by atoms with van der Waals surface area (Å²) in [6.07, 6.45) is 6.28. The number of likely N-dealkylation sites (tertiary alicyclic amines) is 1. The van der Waals surface area contributed by atoms with Gasteiger partial charge in [-0.15, -0.1) is 0 Å². The maximum atomic E-state index is 13.5. The Morgan fingerprint density at radius 2 is 1.76 bits per heavy atom. The van der Waals surface area contributed by atoms with E-state index in [1.807, 2.05) is 48.5 Å². The fourth-order valence-electron chi connectivity index (χ4n) is 5.31. The molecule has 2 aromatic rings. The van der Waals surface area contributed by atoms with Crippen molar-refractivity contribution in [3.05, 3.63) is 65.2 Å². The Hall–Kier alpha value is -2.86. The molecule has 2 aliphatic heterocycles. The first kappa shape index (κ1) is 23.3. The van der Waals surface area contributed by atoms with Gasteiger partial charge in [-0.2, -0.15) is 0 Å². The summed E-state index contributed by atoms with van der Waals surface area (Å²) in [4.78, 5) is 30.0. The van der Waals surface area contributed by atoms with Crippen LogP contribution in [0.5, 0.6) is 5.75 Å². The molecular weight excluding hydrogens is 414 g/mol. The number of quaternary nitrogens is 1. The SMILES string of the molecule is COc1ccc(C2C(C(=O)NCCC[NH+]3CCCCCC3)c3ccccc3C(=O)N2C)cc1. The Bertz CT molecular complexity index is 951. The fraction of sp³-hybridized carbons (Fsp3) is 0.481. The minimum Gasteiger partial charge on any atom is -0.497 e. The summed E-state index contributed by atoms with van der Waals surface area (Å²) in [5, 5.41) is 3.19. The summed E-state index contributed by atoms with van der Waals surface area (Å²) in [6, 6.07) is 14.8. The molecule has 0 bridgehead atoms. The van der Waals surface area contributed by atoms with Crippen LogP contribution in [0.15, 0.2) is 48.5 Å². The Balaban J connectivity index is 1.51. The summed E-state index contributed by atoms with van der Waals surface area (Å²) in [7, 11) is 3.42. The zero-order chi connectivity index (χ0) is 23.2. The van der Waals surface area contributed by atoms with Crippen LogP contribution in [0.25, 0.3) is 0 Å². The zero-order valence-electron chi connectivity index (χ0n) is 19.8. The van der Waals surface area contributed by atoms with Gasteiger partial charge in [-0.05, 0) is 55.0 Å². The molecule has 0 aliphatic carbocycles. The third kappa shape index (κ3) is 5.22. The van der Waals surface area contributed by atoms with Crippen molar-refractivity contribution in [3.8, 4) is 5.75 Å². The summed E-state index contributed by atoms with van der Waals surface area (Å²) < 4.78 is 5.30. The van der Waals surface area contributed by atoms with Crippen molar-refractivity contribution in [2.75, 3.05) is 40.3 Å². The van der Waals surface area contributed by atoms with Gasteiger partial charge in [0.25, 0.3) is 5.91 Å². The molecule has 0 spiro atoms. The zero-order valence-corrected chi connectivity index (χ0v) is 19.8. The number of ether oxygens (including phenoxy) is 1. The van der Waals surface area contributed by atoms with Crippen LogP contribution in [0, 0.1) is 0 Å². The summed E-state index contributed by atoms with van der Waals surface area (Å²) in [5.41, 5.74) is 2.34. The number of fused-ring (bicyclic) bond motifs is 1. The van der Waals surface area contributed by atoms with E-state index in [0.717, 1.165) is 29.8 Å². The quantitative estimate of drug-likeness (QED) is 0.638. The van der Waals surface area contributed by atoms with Gasteiger partial charge in [0, 0.05) is 25.6 Å². The van der Waals surface area contributed by atoms with Crippen LogP contribution >= 0.6 is 0 Å². The summed E-state index contributed by atoms with van der Waals surface area (Å²) in [6.45, 7) is 4.25. The van der Waals surface area contributed by atoms with Crippen molar-refractivity contribution in [1.82, 2.24) is 10.2 Å². The fourth-order valence-corrected chi connectivity index (χ4v) is 5.31. The molecule has 0 saturated carbocycles. The Morgan fingerprint density at radius 3 is 2.45 bits per heavy atom. The molecule has 2 atom stereocenters. The minimum atomic E-state index is -0.456. The second-order valence-electron chi connectivity index (χ2n) is 9.26. The number of hydrogen-bond acceptors (Lipinski definition) is 3. The van der Waals surface area contributed by atoms with Gasteiger partial charge in [0.05, 0.1) is 38.7 Å². The lowest BCUT2D eigenvalue weighted by Crippen LogP contribution is -3.11. The van der Waals surface area contributed by atoms with Gasteiger partial charge in [0.15, 0.2) is 0 Å². The van der Waals surface area contributed by atoms with Crippen molar-refractivity contribution < 1.29 is 19.2 Å². The average Bonchev–Trinajstić information content (AvgIpc) is 3.13. The van der Waals surface area contributed by atoms with Gasteiger partial charge in [-0.25, -0.2) is 0 Å². The van der Waals surface area contributed by atoms with E-state index >= 15 is 0 Å². The van der Waals surface area contributed by atoms with Crippen LogP contribution in [0.2, 0.25) is 0 Å². The number of benzene rings is 2. The molecule has 2 amide bonds. The molecular formula is C27H36N3O3+. The first-order valence-electron chi connectivity index (χ1n) is 12.2. The molecule has 2 unspecified atom stereocenters. The second-order valence-corrected chi connectivity index (χ2v) is 9.26. The monoisotopic (exact) mass is 450 g/mol. The first-order valence-corrected chi connectivity index (χ1v) is 12.2. The lowest BCUT2D eigenvalue weighted by atomic mass is 9.79. The normalized spacial score (nSPS) is 21.3. The largest absolute Gasteiger partial charge is 0.497 e. The average molecular weight is 451 g/mol. The van der Waals surface area contributed by atoms with Gasteiger partial charge in [0.2, 0.25) is 5.91 Å². The van der Waals surface area contributed by atoms with Crippen molar-refractivity contribution >= 4 is 11.8 Å². The number of hydrogen-bond donors (Lipinski definition) is 2. The third-order valence-electron chi connectivity index (χ3n) is 7.14. The first-order chi connectivity index (χ1) is 16.1. The van der Waals surface area contributed by atoms with Crippen LogP contribution in [0.1, 0.15) is 65.5 Å². The van der Waals surface area contributed by atoms with Crippen molar-refractivity contribution in [1.29, 1.82) is 0 Å². The predicted molar refractivity (Wildman–Crippen MR) is 129 cm³/mol.